The lowest BCUT2D eigenvalue weighted by Gasteiger charge is -2.36. The number of rotatable bonds is 8. The number of carbonyl (C=O) groups excluding carboxylic acids is 2. The van der Waals surface area contributed by atoms with Gasteiger partial charge < -0.3 is 24.2 Å². The summed E-state index contributed by atoms with van der Waals surface area (Å²) >= 11 is 0. The topological polar surface area (TPSA) is 88.1 Å². The molecule has 9 heteroatoms. The largest absolute Gasteiger partial charge is 0.497 e. The van der Waals surface area contributed by atoms with Crippen LogP contribution in [0.15, 0.2) is 30.3 Å². The van der Waals surface area contributed by atoms with Crippen molar-refractivity contribution >= 4 is 17.6 Å². The zero-order valence-corrected chi connectivity index (χ0v) is 20.4. The Morgan fingerprint density at radius 3 is 2.32 bits per heavy atom. The summed E-state index contributed by atoms with van der Waals surface area (Å²) < 4.78 is 10.7. The Hall–Kier alpha value is -3.36. The van der Waals surface area contributed by atoms with Crippen LogP contribution in [0.4, 0.5) is 5.82 Å². The molecule has 9 nitrogen and oxygen atoms in total. The van der Waals surface area contributed by atoms with Crippen LogP contribution in [-0.4, -0.2) is 84.8 Å². The van der Waals surface area contributed by atoms with E-state index in [9.17, 15) is 9.59 Å². The average Bonchev–Trinajstić information content (AvgIpc) is 3.72. The minimum atomic E-state index is 0.00961. The Balaban J connectivity index is 1.35. The summed E-state index contributed by atoms with van der Waals surface area (Å²) in [4.78, 5) is 31.1. The quantitative estimate of drug-likeness (QED) is 0.589. The van der Waals surface area contributed by atoms with Crippen LogP contribution in [0, 0.1) is 5.92 Å². The van der Waals surface area contributed by atoms with Crippen LogP contribution in [0.2, 0.25) is 0 Å². The highest BCUT2D eigenvalue weighted by molar-refractivity contribution is 5.87. The molecule has 2 aromatic rings. The fourth-order valence-corrected chi connectivity index (χ4v) is 4.16. The average molecular weight is 468 g/mol. The molecule has 0 N–H and O–H groups in total. The standard InChI is InChI=1S/C25H33N5O4/c1-17(2)30(25(32)18-5-6-18)16-24(31)29-13-11-28(12-14-29)23-10-9-21(26-27-23)20-8-7-19(33-3)15-22(20)34-4/h7-10,15,17-18H,5-6,11-14,16H2,1-4H3. The summed E-state index contributed by atoms with van der Waals surface area (Å²) in [6.07, 6.45) is 1.89. The van der Waals surface area contributed by atoms with E-state index in [2.05, 4.69) is 15.1 Å². The third-order valence-electron chi connectivity index (χ3n) is 6.43. The normalized spacial score (nSPS) is 15.9. The van der Waals surface area contributed by atoms with Gasteiger partial charge in [-0.05, 0) is 51.0 Å². The second kappa shape index (κ2) is 10.3. The van der Waals surface area contributed by atoms with E-state index >= 15 is 0 Å². The summed E-state index contributed by atoms with van der Waals surface area (Å²) in [5.74, 6) is 2.40. The monoisotopic (exact) mass is 467 g/mol. The maximum Gasteiger partial charge on any atom is 0.242 e. The molecule has 1 aromatic carbocycles. The summed E-state index contributed by atoms with van der Waals surface area (Å²) in [6, 6.07) is 9.48. The van der Waals surface area contributed by atoms with Crippen LogP contribution in [0.25, 0.3) is 11.3 Å². The molecular formula is C25H33N5O4. The van der Waals surface area contributed by atoms with Gasteiger partial charge in [0.25, 0.3) is 0 Å². The van der Waals surface area contributed by atoms with Crippen molar-refractivity contribution in [2.24, 2.45) is 5.92 Å². The minimum absolute atomic E-state index is 0.00961. The highest BCUT2D eigenvalue weighted by Gasteiger charge is 2.36. The molecule has 4 rings (SSSR count). The molecule has 2 aliphatic rings. The van der Waals surface area contributed by atoms with Crippen LogP contribution in [0.3, 0.4) is 0 Å². The zero-order chi connectivity index (χ0) is 24.2. The SMILES string of the molecule is COc1ccc(-c2ccc(N3CCN(C(=O)CN(C(=O)C4CC4)C(C)C)CC3)nn2)c(OC)c1. The van der Waals surface area contributed by atoms with Gasteiger partial charge in [0.1, 0.15) is 11.5 Å². The summed E-state index contributed by atoms with van der Waals surface area (Å²) in [5, 5.41) is 8.83. The molecule has 2 heterocycles. The lowest BCUT2D eigenvalue weighted by Crippen LogP contribution is -2.53. The van der Waals surface area contributed by atoms with Gasteiger partial charge in [-0.15, -0.1) is 10.2 Å². The van der Waals surface area contributed by atoms with E-state index in [1.165, 1.54) is 0 Å². The number of ether oxygens (including phenoxy) is 2. The van der Waals surface area contributed by atoms with Gasteiger partial charge in [0, 0.05) is 49.8 Å². The maximum atomic E-state index is 12.9. The number of aromatic nitrogens is 2. The Morgan fingerprint density at radius 1 is 1.03 bits per heavy atom. The number of carbonyl (C=O) groups is 2. The number of amides is 2. The van der Waals surface area contributed by atoms with Gasteiger partial charge in [0.2, 0.25) is 11.8 Å². The molecule has 1 saturated heterocycles. The van der Waals surface area contributed by atoms with Crippen molar-refractivity contribution in [1.29, 1.82) is 0 Å². The molecule has 1 saturated carbocycles. The molecule has 34 heavy (non-hydrogen) atoms. The van der Waals surface area contributed by atoms with E-state index in [1.54, 1.807) is 19.1 Å². The summed E-state index contributed by atoms with van der Waals surface area (Å²) in [7, 11) is 3.23. The first-order valence-corrected chi connectivity index (χ1v) is 11.8. The van der Waals surface area contributed by atoms with Gasteiger partial charge >= 0.3 is 0 Å². The van der Waals surface area contributed by atoms with Crippen molar-refractivity contribution in [2.45, 2.75) is 32.7 Å². The molecule has 0 bridgehead atoms. The lowest BCUT2D eigenvalue weighted by atomic mass is 10.1. The zero-order valence-electron chi connectivity index (χ0n) is 20.4. The van der Waals surface area contributed by atoms with Crippen molar-refractivity contribution in [3.63, 3.8) is 0 Å². The third kappa shape index (κ3) is 5.24. The van der Waals surface area contributed by atoms with Gasteiger partial charge in [0.05, 0.1) is 26.5 Å². The van der Waals surface area contributed by atoms with Crippen LogP contribution in [-0.2, 0) is 9.59 Å². The van der Waals surface area contributed by atoms with E-state index in [4.69, 9.17) is 9.47 Å². The van der Waals surface area contributed by atoms with Crippen LogP contribution < -0.4 is 14.4 Å². The van der Waals surface area contributed by atoms with E-state index in [0.717, 1.165) is 24.2 Å². The number of piperazine rings is 1. The van der Waals surface area contributed by atoms with Gasteiger partial charge in [-0.1, -0.05) is 0 Å². The maximum absolute atomic E-state index is 12.9. The first kappa shape index (κ1) is 23.8. The molecule has 0 unspecified atom stereocenters. The van der Waals surface area contributed by atoms with E-state index in [0.29, 0.717) is 43.4 Å². The molecule has 2 amide bonds. The fourth-order valence-electron chi connectivity index (χ4n) is 4.16. The number of benzene rings is 1. The smallest absolute Gasteiger partial charge is 0.242 e. The first-order valence-electron chi connectivity index (χ1n) is 11.8. The number of hydrogen-bond acceptors (Lipinski definition) is 7. The summed E-state index contributed by atoms with van der Waals surface area (Å²) in [5.41, 5.74) is 1.55. The van der Waals surface area contributed by atoms with Crippen molar-refractivity contribution < 1.29 is 19.1 Å². The van der Waals surface area contributed by atoms with Crippen molar-refractivity contribution in [3.05, 3.63) is 30.3 Å². The number of hydrogen-bond donors (Lipinski definition) is 0. The van der Waals surface area contributed by atoms with E-state index in [-0.39, 0.29) is 30.3 Å². The van der Waals surface area contributed by atoms with Crippen molar-refractivity contribution in [2.75, 3.05) is 51.8 Å². The molecule has 2 fully saturated rings. The molecule has 182 valence electrons. The van der Waals surface area contributed by atoms with Crippen LogP contribution >= 0.6 is 0 Å². The minimum Gasteiger partial charge on any atom is -0.497 e. The number of methoxy groups -OCH3 is 2. The Bertz CT molecular complexity index is 1010. The van der Waals surface area contributed by atoms with Gasteiger partial charge in [-0.25, -0.2) is 0 Å². The molecule has 1 aromatic heterocycles. The Labute approximate surface area is 200 Å². The second-order valence-corrected chi connectivity index (χ2v) is 9.04. The fraction of sp³-hybridized carbons (Fsp3) is 0.520. The Kier molecular flexibility index (Phi) is 7.19. The second-order valence-electron chi connectivity index (χ2n) is 9.04. The third-order valence-corrected chi connectivity index (χ3v) is 6.43. The van der Waals surface area contributed by atoms with Crippen LogP contribution in [0.5, 0.6) is 11.5 Å². The van der Waals surface area contributed by atoms with E-state index < -0.39 is 0 Å². The first-order chi connectivity index (χ1) is 16.4. The predicted molar refractivity (Wildman–Crippen MR) is 129 cm³/mol. The van der Waals surface area contributed by atoms with Crippen LogP contribution in [0.1, 0.15) is 26.7 Å². The molecule has 0 atom stereocenters. The van der Waals surface area contributed by atoms with Gasteiger partial charge in [-0.3, -0.25) is 9.59 Å². The molecule has 0 radical (unpaired) electrons. The molecule has 1 aliphatic carbocycles. The summed E-state index contributed by atoms with van der Waals surface area (Å²) in [6.45, 7) is 6.62. The van der Waals surface area contributed by atoms with Crippen molar-refractivity contribution in [3.8, 4) is 22.8 Å². The highest BCUT2D eigenvalue weighted by Crippen LogP contribution is 2.33. The molecule has 0 spiro atoms. The predicted octanol–water partition coefficient (Wildman–Crippen LogP) is 2.46. The van der Waals surface area contributed by atoms with Crippen molar-refractivity contribution in [1.82, 2.24) is 20.0 Å². The highest BCUT2D eigenvalue weighted by atomic mass is 16.5. The number of anilines is 1. The molecular weight excluding hydrogens is 434 g/mol. The van der Waals surface area contributed by atoms with Gasteiger partial charge in [-0.2, -0.15) is 0 Å². The van der Waals surface area contributed by atoms with Gasteiger partial charge in [0.15, 0.2) is 5.82 Å². The molecule has 1 aliphatic heterocycles. The number of nitrogens with zero attached hydrogens (tertiary/aromatic N) is 5. The van der Waals surface area contributed by atoms with E-state index in [1.807, 2.05) is 49.1 Å². The Morgan fingerprint density at radius 2 is 1.76 bits per heavy atom. The lowest BCUT2D eigenvalue weighted by molar-refractivity contribution is -0.143.